The summed E-state index contributed by atoms with van der Waals surface area (Å²) in [7, 11) is 0. The maximum absolute atomic E-state index is 11.5. The van der Waals surface area contributed by atoms with Gasteiger partial charge in [-0.1, -0.05) is 30.3 Å². The minimum atomic E-state index is -0.154. The van der Waals surface area contributed by atoms with Crippen molar-refractivity contribution in [1.29, 1.82) is 0 Å². The van der Waals surface area contributed by atoms with E-state index in [2.05, 4.69) is 4.98 Å². The molecule has 1 aromatic heterocycles. The molecule has 4 heteroatoms. The number of hydrogen-bond acceptors (Lipinski definition) is 4. The number of carbonyl (C=O) groups excluding carboxylic acids is 1. The number of carbonyl (C=O) groups is 1. The first-order chi connectivity index (χ1) is 8.84. The highest BCUT2D eigenvalue weighted by Crippen LogP contribution is 2.05. The van der Waals surface area contributed by atoms with Crippen LogP contribution in [0.4, 0.5) is 0 Å². The quantitative estimate of drug-likeness (QED) is 0.751. The zero-order chi connectivity index (χ0) is 12.6. The monoisotopic (exact) mass is 261 g/mol. The van der Waals surface area contributed by atoms with E-state index in [1.807, 2.05) is 35.7 Å². The van der Waals surface area contributed by atoms with Gasteiger partial charge >= 0.3 is 5.97 Å². The van der Waals surface area contributed by atoms with E-state index in [0.717, 1.165) is 12.1 Å². The molecule has 0 fully saturated rings. The van der Waals surface area contributed by atoms with Gasteiger partial charge in [-0.05, 0) is 5.56 Å². The first-order valence-corrected chi connectivity index (χ1v) is 6.85. The Balaban J connectivity index is 1.63. The average Bonchev–Trinajstić information content (AvgIpc) is 2.91. The van der Waals surface area contributed by atoms with Crippen LogP contribution in [0.5, 0.6) is 0 Å². The summed E-state index contributed by atoms with van der Waals surface area (Å²) in [4.78, 5) is 15.6. The van der Waals surface area contributed by atoms with E-state index < -0.39 is 0 Å². The van der Waals surface area contributed by atoms with Crippen LogP contribution in [-0.2, 0) is 22.4 Å². The van der Waals surface area contributed by atoms with E-state index in [-0.39, 0.29) is 5.97 Å². The number of rotatable bonds is 6. The molecule has 18 heavy (non-hydrogen) atoms. The SMILES string of the molecule is O=C(CCc1cscn1)OCCc1ccccc1. The number of ether oxygens (including phenoxy) is 1. The molecule has 0 aliphatic carbocycles. The molecule has 0 saturated carbocycles. The summed E-state index contributed by atoms with van der Waals surface area (Å²) in [5, 5.41) is 1.96. The lowest BCUT2D eigenvalue weighted by Gasteiger charge is -2.04. The Morgan fingerprint density at radius 1 is 1.22 bits per heavy atom. The molecule has 1 heterocycles. The molecule has 0 bridgehead atoms. The maximum atomic E-state index is 11.5. The Labute approximate surface area is 110 Å². The van der Waals surface area contributed by atoms with Crippen molar-refractivity contribution < 1.29 is 9.53 Å². The van der Waals surface area contributed by atoms with Crippen LogP contribution >= 0.6 is 11.3 Å². The Hall–Kier alpha value is -1.68. The van der Waals surface area contributed by atoms with Crippen molar-refractivity contribution in [3.05, 3.63) is 52.5 Å². The van der Waals surface area contributed by atoms with E-state index in [9.17, 15) is 4.79 Å². The third-order valence-electron chi connectivity index (χ3n) is 2.57. The predicted octanol–water partition coefficient (Wildman–Crippen LogP) is 2.86. The zero-order valence-electron chi connectivity index (χ0n) is 10.0. The van der Waals surface area contributed by atoms with E-state index >= 15 is 0 Å². The van der Waals surface area contributed by atoms with Gasteiger partial charge in [0.15, 0.2) is 0 Å². The highest BCUT2D eigenvalue weighted by atomic mass is 32.1. The Morgan fingerprint density at radius 2 is 2.06 bits per heavy atom. The number of hydrogen-bond donors (Lipinski definition) is 0. The maximum Gasteiger partial charge on any atom is 0.306 e. The van der Waals surface area contributed by atoms with Gasteiger partial charge in [0.05, 0.1) is 24.2 Å². The average molecular weight is 261 g/mol. The van der Waals surface area contributed by atoms with E-state index in [0.29, 0.717) is 19.4 Å². The molecule has 3 nitrogen and oxygen atoms in total. The van der Waals surface area contributed by atoms with E-state index in [4.69, 9.17) is 4.74 Å². The van der Waals surface area contributed by atoms with Crippen molar-refractivity contribution in [2.24, 2.45) is 0 Å². The van der Waals surface area contributed by atoms with Crippen LogP contribution < -0.4 is 0 Å². The lowest BCUT2D eigenvalue weighted by atomic mass is 10.2. The third kappa shape index (κ3) is 4.30. The van der Waals surface area contributed by atoms with Gasteiger partial charge in [-0.3, -0.25) is 4.79 Å². The third-order valence-corrected chi connectivity index (χ3v) is 3.20. The zero-order valence-corrected chi connectivity index (χ0v) is 10.9. The minimum absolute atomic E-state index is 0.154. The van der Waals surface area contributed by atoms with Gasteiger partial charge in [-0.25, -0.2) is 4.98 Å². The lowest BCUT2D eigenvalue weighted by Crippen LogP contribution is -2.08. The Morgan fingerprint density at radius 3 is 2.78 bits per heavy atom. The normalized spacial score (nSPS) is 10.2. The van der Waals surface area contributed by atoms with Crippen molar-refractivity contribution in [3.63, 3.8) is 0 Å². The van der Waals surface area contributed by atoms with Gasteiger partial charge in [0.2, 0.25) is 0 Å². The fourth-order valence-corrected chi connectivity index (χ4v) is 2.18. The second-order valence-electron chi connectivity index (χ2n) is 3.94. The number of esters is 1. The summed E-state index contributed by atoms with van der Waals surface area (Å²) >= 11 is 1.54. The molecule has 0 unspecified atom stereocenters. The van der Waals surface area contributed by atoms with Crippen molar-refractivity contribution in [2.75, 3.05) is 6.61 Å². The second-order valence-corrected chi connectivity index (χ2v) is 4.65. The van der Waals surface area contributed by atoms with Gasteiger partial charge in [0.25, 0.3) is 0 Å². The van der Waals surface area contributed by atoms with Crippen LogP contribution in [0.2, 0.25) is 0 Å². The molecule has 94 valence electrons. The molecule has 0 spiro atoms. The molecular formula is C14H15NO2S. The van der Waals surface area contributed by atoms with Gasteiger partial charge in [0.1, 0.15) is 0 Å². The topological polar surface area (TPSA) is 39.2 Å². The first-order valence-electron chi connectivity index (χ1n) is 5.91. The van der Waals surface area contributed by atoms with Crippen LogP contribution in [0.1, 0.15) is 17.7 Å². The molecule has 0 amide bonds. The van der Waals surface area contributed by atoms with Crippen molar-refractivity contribution in [3.8, 4) is 0 Å². The fraction of sp³-hybridized carbons (Fsp3) is 0.286. The van der Waals surface area contributed by atoms with Crippen molar-refractivity contribution in [2.45, 2.75) is 19.3 Å². The van der Waals surface area contributed by atoms with Crippen molar-refractivity contribution in [1.82, 2.24) is 4.98 Å². The molecule has 0 aliphatic heterocycles. The summed E-state index contributed by atoms with van der Waals surface area (Å²) in [6.45, 7) is 0.444. The van der Waals surface area contributed by atoms with Crippen LogP contribution in [0.25, 0.3) is 0 Å². The van der Waals surface area contributed by atoms with Crippen LogP contribution in [0.15, 0.2) is 41.2 Å². The van der Waals surface area contributed by atoms with Gasteiger partial charge < -0.3 is 4.74 Å². The number of thiazole rings is 1. The Kier molecular flexibility index (Phi) is 4.90. The van der Waals surface area contributed by atoms with Crippen LogP contribution in [-0.4, -0.2) is 17.6 Å². The van der Waals surface area contributed by atoms with Crippen molar-refractivity contribution >= 4 is 17.3 Å². The molecule has 2 rings (SSSR count). The molecular weight excluding hydrogens is 246 g/mol. The molecule has 1 aromatic carbocycles. The predicted molar refractivity (Wildman–Crippen MR) is 71.5 cm³/mol. The molecule has 0 saturated heterocycles. The summed E-state index contributed by atoms with van der Waals surface area (Å²) in [6, 6.07) is 10.0. The highest BCUT2D eigenvalue weighted by molar-refractivity contribution is 7.07. The molecule has 0 aliphatic rings. The minimum Gasteiger partial charge on any atom is -0.465 e. The molecule has 0 atom stereocenters. The fourth-order valence-electron chi connectivity index (χ4n) is 1.59. The van der Waals surface area contributed by atoms with Crippen LogP contribution in [0.3, 0.4) is 0 Å². The largest absolute Gasteiger partial charge is 0.465 e. The lowest BCUT2D eigenvalue weighted by molar-refractivity contribution is -0.143. The van der Waals surface area contributed by atoms with E-state index in [1.165, 1.54) is 5.56 Å². The highest BCUT2D eigenvalue weighted by Gasteiger charge is 2.04. The molecule has 0 N–H and O–H groups in total. The first kappa shape index (κ1) is 12.8. The summed E-state index contributed by atoms with van der Waals surface area (Å²) in [6.07, 6.45) is 1.83. The van der Waals surface area contributed by atoms with Gasteiger partial charge in [-0.2, -0.15) is 0 Å². The summed E-state index contributed by atoms with van der Waals surface area (Å²) < 4.78 is 5.18. The molecule has 0 radical (unpaired) electrons. The van der Waals surface area contributed by atoms with Gasteiger partial charge in [0, 0.05) is 18.2 Å². The molecule has 2 aromatic rings. The smallest absolute Gasteiger partial charge is 0.306 e. The number of aryl methyl sites for hydroxylation is 1. The number of aromatic nitrogens is 1. The standard InChI is InChI=1S/C14H15NO2S/c16-14(7-6-13-10-18-11-15-13)17-9-8-12-4-2-1-3-5-12/h1-5,10-11H,6-9H2. The summed E-state index contributed by atoms with van der Waals surface area (Å²) in [5.41, 5.74) is 3.92. The van der Waals surface area contributed by atoms with Crippen LogP contribution in [0, 0.1) is 0 Å². The summed E-state index contributed by atoms with van der Waals surface area (Å²) in [5.74, 6) is -0.154. The number of nitrogens with zero attached hydrogens (tertiary/aromatic N) is 1. The van der Waals surface area contributed by atoms with Gasteiger partial charge in [-0.15, -0.1) is 11.3 Å². The number of benzene rings is 1. The Bertz CT molecular complexity index is 468. The van der Waals surface area contributed by atoms with E-state index in [1.54, 1.807) is 16.8 Å². The second kappa shape index (κ2) is 6.91.